The first-order chi connectivity index (χ1) is 10.7. The van der Waals surface area contributed by atoms with Crippen LogP contribution in [-0.2, 0) is 19.5 Å². The quantitative estimate of drug-likeness (QED) is 0.908. The predicted octanol–water partition coefficient (Wildman–Crippen LogP) is 0.943. The lowest BCUT2D eigenvalue weighted by molar-refractivity contribution is 0.0989. The standard InChI is InChI=1S/C16H17N4O2/c1-22-13-4-2-3-11(7-13)9-20-6-5-12-8-18-16(15(17)21)19-14(12)10-20/h2-4,7H,5-6,9-10H2,1H3,(H2,17,21). The van der Waals surface area contributed by atoms with Crippen LogP contribution in [0, 0.1) is 6.20 Å². The van der Waals surface area contributed by atoms with Gasteiger partial charge in [0.25, 0.3) is 5.91 Å². The van der Waals surface area contributed by atoms with Crippen LogP contribution in [-0.4, -0.2) is 34.4 Å². The number of hydrogen-bond acceptors (Lipinski definition) is 5. The normalized spacial score (nSPS) is 14.4. The number of hydrogen-bond donors (Lipinski definition) is 1. The Morgan fingerprint density at radius 2 is 2.36 bits per heavy atom. The summed E-state index contributed by atoms with van der Waals surface area (Å²) in [6.07, 6.45) is 3.70. The molecule has 6 nitrogen and oxygen atoms in total. The average molecular weight is 297 g/mol. The first-order valence-electron chi connectivity index (χ1n) is 7.08. The van der Waals surface area contributed by atoms with Gasteiger partial charge in [0, 0.05) is 25.2 Å². The number of nitrogens with zero attached hydrogens (tertiary/aromatic N) is 3. The second-order valence-corrected chi connectivity index (χ2v) is 5.26. The molecule has 2 heterocycles. The van der Waals surface area contributed by atoms with E-state index in [1.54, 1.807) is 7.11 Å². The summed E-state index contributed by atoms with van der Waals surface area (Å²) >= 11 is 0. The van der Waals surface area contributed by atoms with Crippen molar-refractivity contribution in [3.05, 3.63) is 53.1 Å². The summed E-state index contributed by atoms with van der Waals surface area (Å²) in [7, 11) is 1.66. The number of amides is 1. The highest BCUT2D eigenvalue weighted by molar-refractivity contribution is 5.88. The molecular formula is C16H17N4O2. The maximum atomic E-state index is 11.2. The van der Waals surface area contributed by atoms with Crippen LogP contribution in [0.3, 0.4) is 0 Å². The average Bonchev–Trinajstić information content (AvgIpc) is 2.54. The van der Waals surface area contributed by atoms with E-state index < -0.39 is 5.91 Å². The molecule has 2 N–H and O–H groups in total. The second-order valence-electron chi connectivity index (χ2n) is 5.26. The SMILES string of the molecule is COc1cccc(CN2CCc3[c]nc(C(N)=O)nc3C2)c1. The van der Waals surface area contributed by atoms with E-state index in [9.17, 15) is 4.79 Å². The number of rotatable bonds is 4. The summed E-state index contributed by atoms with van der Waals surface area (Å²) in [6, 6.07) is 8.00. The smallest absolute Gasteiger partial charge is 0.286 e. The van der Waals surface area contributed by atoms with Crippen molar-refractivity contribution in [2.24, 2.45) is 5.73 Å². The van der Waals surface area contributed by atoms with Gasteiger partial charge >= 0.3 is 0 Å². The molecule has 6 heteroatoms. The van der Waals surface area contributed by atoms with E-state index in [4.69, 9.17) is 10.5 Å². The molecule has 2 aromatic rings. The number of carbonyl (C=O) groups is 1. The molecule has 1 radical (unpaired) electrons. The summed E-state index contributed by atoms with van der Waals surface area (Å²) in [6.45, 7) is 2.36. The summed E-state index contributed by atoms with van der Waals surface area (Å²) in [5.74, 6) is 0.257. The highest BCUT2D eigenvalue weighted by Gasteiger charge is 2.20. The minimum Gasteiger partial charge on any atom is -0.497 e. The van der Waals surface area contributed by atoms with Crippen molar-refractivity contribution >= 4 is 5.91 Å². The third kappa shape index (κ3) is 3.07. The topological polar surface area (TPSA) is 81.3 Å². The van der Waals surface area contributed by atoms with E-state index in [0.29, 0.717) is 6.54 Å². The fourth-order valence-electron chi connectivity index (χ4n) is 2.57. The summed E-state index contributed by atoms with van der Waals surface area (Å²) in [5.41, 5.74) is 8.20. The van der Waals surface area contributed by atoms with Gasteiger partial charge in [0.05, 0.1) is 19.0 Å². The molecule has 1 aliphatic rings. The third-order valence-electron chi connectivity index (χ3n) is 3.70. The Labute approximate surface area is 128 Å². The molecule has 1 aromatic heterocycles. The molecule has 0 unspecified atom stereocenters. The molecule has 0 bridgehead atoms. The maximum absolute atomic E-state index is 11.2. The Morgan fingerprint density at radius 3 is 3.14 bits per heavy atom. The summed E-state index contributed by atoms with van der Waals surface area (Å²) in [4.78, 5) is 21.6. The van der Waals surface area contributed by atoms with Crippen LogP contribution in [0.2, 0.25) is 0 Å². The zero-order chi connectivity index (χ0) is 15.5. The lowest BCUT2D eigenvalue weighted by Gasteiger charge is -2.27. The molecule has 0 atom stereocenters. The number of fused-ring (bicyclic) bond motifs is 1. The Hall–Kier alpha value is -2.47. The Kier molecular flexibility index (Phi) is 4.02. The largest absolute Gasteiger partial charge is 0.497 e. The summed E-state index contributed by atoms with van der Waals surface area (Å²) in [5, 5.41) is 0. The molecule has 1 aromatic carbocycles. The van der Waals surface area contributed by atoms with Gasteiger partial charge in [0.1, 0.15) is 5.75 Å². The summed E-state index contributed by atoms with van der Waals surface area (Å²) < 4.78 is 5.25. The van der Waals surface area contributed by atoms with Gasteiger partial charge in [-0.25, -0.2) is 9.97 Å². The molecule has 0 aliphatic carbocycles. The Bertz CT molecular complexity index is 702. The van der Waals surface area contributed by atoms with E-state index in [-0.39, 0.29) is 5.82 Å². The van der Waals surface area contributed by atoms with Crippen LogP contribution in [0.1, 0.15) is 27.4 Å². The predicted molar refractivity (Wildman–Crippen MR) is 80.2 cm³/mol. The first kappa shape index (κ1) is 14.5. The molecule has 22 heavy (non-hydrogen) atoms. The van der Waals surface area contributed by atoms with E-state index in [1.807, 2.05) is 18.2 Å². The van der Waals surface area contributed by atoms with Gasteiger partial charge in [-0.2, -0.15) is 0 Å². The molecular weight excluding hydrogens is 280 g/mol. The third-order valence-corrected chi connectivity index (χ3v) is 3.70. The Morgan fingerprint density at radius 1 is 1.50 bits per heavy atom. The van der Waals surface area contributed by atoms with Crippen LogP contribution >= 0.6 is 0 Å². The highest BCUT2D eigenvalue weighted by atomic mass is 16.5. The van der Waals surface area contributed by atoms with Crippen LogP contribution in [0.25, 0.3) is 0 Å². The van der Waals surface area contributed by atoms with Crippen molar-refractivity contribution in [2.45, 2.75) is 19.5 Å². The minimum absolute atomic E-state index is 0.0296. The minimum atomic E-state index is -0.621. The number of ether oxygens (including phenoxy) is 1. The monoisotopic (exact) mass is 297 g/mol. The molecule has 3 rings (SSSR count). The van der Waals surface area contributed by atoms with Gasteiger partial charge in [-0.15, -0.1) is 0 Å². The van der Waals surface area contributed by atoms with E-state index in [2.05, 4.69) is 27.1 Å². The van der Waals surface area contributed by atoms with Crippen LogP contribution in [0.15, 0.2) is 24.3 Å². The van der Waals surface area contributed by atoms with Crippen LogP contribution in [0.4, 0.5) is 0 Å². The van der Waals surface area contributed by atoms with Gasteiger partial charge in [-0.3, -0.25) is 9.69 Å². The molecule has 0 spiro atoms. The first-order valence-corrected chi connectivity index (χ1v) is 7.08. The molecule has 113 valence electrons. The van der Waals surface area contributed by atoms with Crippen molar-refractivity contribution < 1.29 is 9.53 Å². The molecule has 0 saturated heterocycles. The maximum Gasteiger partial charge on any atom is 0.286 e. The fraction of sp³-hybridized carbons (Fsp3) is 0.312. The number of benzene rings is 1. The number of methoxy groups -OCH3 is 1. The highest BCUT2D eigenvalue weighted by Crippen LogP contribution is 2.20. The molecule has 0 fully saturated rings. The molecule has 1 amide bonds. The van der Waals surface area contributed by atoms with Gasteiger partial charge < -0.3 is 10.5 Å². The zero-order valence-electron chi connectivity index (χ0n) is 12.4. The number of carbonyl (C=O) groups excluding carboxylic acids is 1. The number of aromatic nitrogens is 2. The van der Waals surface area contributed by atoms with Crippen LogP contribution < -0.4 is 10.5 Å². The van der Waals surface area contributed by atoms with E-state index in [1.165, 1.54) is 5.56 Å². The van der Waals surface area contributed by atoms with E-state index in [0.717, 1.165) is 36.5 Å². The van der Waals surface area contributed by atoms with Gasteiger partial charge in [0.15, 0.2) is 0 Å². The second kappa shape index (κ2) is 6.11. The van der Waals surface area contributed by atoms with Crippen LogP contribution in [0.5, 0.6) is 5.75 Å². The van der Waals surface area contributed by atoms with Gasteiger partial charge in [0.2, 0.25) is 5.82 Å². The number of nitrogens with two attached hydrogens (primary N) is 1. The van der Waals surface area contributed by atoms with Gasteiger partial charge in [-0.1, -0.05) is 12.1 Å². The van der Waals surface area contributed by atoms with Crippen molar-refractivity contribution in [1.29, 1.82) is 0 Å². The van der Waals surface area contributed by atoms with Crippen molar-refractivity contribution in [1.82, 2.24) is 14.9 Å². The lowest BCUT2D eigenvalue weighted by atomic mass is 10.1. The number of primary amides is 1. The lowest BCUT2D eigenvalue weighted by Crippen LogP contribution is -2.32. The van der Waals surface area contributed by atoms with Crippen molar-refractivity contribution in [3.63, 3.8) is 0 Å². The molecule has 1 aliphatic heterocycles. The van der Waals surface area contributed by atoms with Crippen molar-refractivity contribution in [3.8, 4) is 5.75 Å². The molecule has 0 saturated carbocycles. The van der Waals surface area contributed by atoms with Crippen molar-refractivity contribution in [2.75, 3.05) is 13.7 Å². The zero-order valence-corrected chi connectivity index (χ0v) is 12.4. The van der Waals surface area contributed by atoms with E-state index >= 15 is 0 Å². The Balaban J connectivity index is 1.75. The van der Waals surface area contributed by atoms with Gasteiger partial charge in [-0.05, 0) is 24.1 Å². The fourth-order valence-corrected chi connectivity index (χ4v) is 2.57.